The zero-order chi connectivity index (χ0) is 13.1. The molecule has 1 atom stereocenters. The van der Waals surface area contributed by atoms with E-state index in [9.17, 15) is 0 Å². The Morgan fingerprint density at radius 1 is 0.947 bits per heavy atom. The Hall–Kier alpha value is -1.02. The molecule has 2 fully saturated rings. The van der Waals surface area contributed by atoms with Gasteiger partial charge in [0.1, 0.15) is 0 Å². The Morgan fingerprint density at radius 2 is 1.63 bits per heavy atom. The second-order valence-corrected chi connectivity index (χ2v) is 6.24. The fourth-order valence-corrected chi connectivity index (χ4v) is 3.60. The van der Waals surface area contributed by atoms with E-state index in [0.717, 1.165) is 0 Å². The number of nitrogens with zero attached hydrogens (tertiary/aromatic N) is 1. The van der Waals surface area contributed by atoms with Crippen molar-refractivity contribution in [2.75, 3.05) is 18.9 Å². The average Bonchev–Trinajstić information content (AvgIpc) is 2.93. The zero-order valence-corrected chi connectivity index (χ0v) is 12.1. The maximum Gasteiger partial charge on any atom is 0.0345 e. The molecule has 104 valence electrons. The first-order valence-electron chi connectivity index (χ1n) is 7.90. The summed E-state index contributed by atoms with van der Waals surface area (Å²) in [4.78, 5) is 2.50. The Bertz CT molecular complexity index is 392. The van der Waals surface area contributed by atoms with E-state index in [4.69, 9.17) is 0 Å². The molecule has 1 aromatic rings. The van der Waals surface area contributed by atoms with Gasteiger partial charge in [-0.15, -0.1) is 0 Å². The zero-order valence-electron chi connectivity index (χ0n) is 12.1. The number of hydrogen-bond donors (Lipinski definition) is 1. The number of piperidine rings is 1. The number of rotatable bonds is 3. The highest BCUT2D eigenvalue weighted by molar-refractivity contribution is 5.46. The molecule has 0 bridgehead atoms. The van der Waals surface area contributed by atoms with Gasteiger partial charge in [0.2, 0.25) is 0 Å². The van der Waals surface area contributed by atoms with Gasteiger partial charge in [-0.05, 0) is 57.0 Å². The maximum absolute atomic E-state index is 3.67. The molecule has 1 N–H and O–H groups in total. The third-order valence-electron chi connectivity index (χ3n) is 4.79. The third kappa shape index (κ3) is 3.11. The van der Waals surface area contributed by atoms with E-state index in [2.05, 4.69) is 41.5 Å². The molecule has 1 heterocycles. The molecule has 2 nitrogen and oxygen atoms in total. The van der Waals surface area contributed by atoms with Crippen LogP contribution in [-0.2, 0) is 0 Å². The van der Waals surface area contributed by atoms with Crippen molar-refractivity contribution in [3.05, 3.63) is 29.8 Å². The van der Waals surface area contributed by atoms with Crippen molar-refractivity contribution in [1.29, 1.82) is 0 Å². The van der Waals surface area contributed by atoms with Crippen molar-refractivity contribution < 1.29 is 0 Å². The minimum atomic E-state index is 0.634. The SMILES string of the molecule is CN1CCCCC1c1ccc(NC2CCCC2)cc1. The number of nitrogens with one attached hydrogen (secondary N) is 1. The van der Waals surface area contributed by atoms with Crippen molar-refractivity contribution in [2.24, 2.45) is 0 Å². The molecule has 1 aromatic carbocycles. The van der Waals surface area contributed by atoms with Gasteiger partial charge in [-0.3, -0.25) is 4.90 Å². The van der Waals surface area contributed by atoms with Gasteiger partial charge in [-0.2, -0.15) is 0 Å². The minimum Gasteiger partial charge on any atom is -0.382 e. The third-order valence-corrected chi connectivity index (χ3v) is 4.79. The lowest BCUT2D eigenvalue weighted by atomic mass is 9.96. The van der Waals surface area contributed by atoms with Gasteiger partial charge in [0.25, 0.3) is 0 Å². The molecule has 2 heteroatoms. The predicted octanol–water partition coefficient (Wildman–Crippen LogP) is 4.20. The van der Waals surface area contributed by atoms with Crippen LogP contribution in [-0.4, -0.2) is 24.5 Å². The van der Waals surface area contributed by atoms with Gasteiger partial charge < -0.3 is 5.32 Å². The second kappa shape index (κ2) is 5.96. The summed E-state index contributed by atoms with van der Waals surface area (Å²) >= 11 is 0. The highest BCUT2D eigenvalue weighted by Crippen LogP contribution is 2.30. The monoisotopic (exact) mass is 258 g/mol. The fourth-order valence-electron chi connectivity index (χ4n) is 3.60. The van der Waals surface area contributed by atoms with Crippen LogP contribution in [0.1, 0.15) is 56.6 Å². The summed E-state index contributed by atoms with van der Waals surface area (Å²) in [6, 6.07) is 10.5. The summed E-state index contributed by atoms with van der Waals surface area (Å²) in [6.45, 7) is 1.24. The van der Waals surface area contributed by atoms with Crippen molar-refractivity contribution >= 4 is 5.69 Å². The van der Waals surface area contributed by atoms with Crippen LogP contribution in [0.25, 0.3) is 0 Å². The summed E-state index contributed by atoms with van der Waals surface area (Å²) in [5.74, 6) is 0. The summed E-state index contributed by atoms with van der Waals surface area (Å²) in [5, 5.41) is 3.67. The van der Waals surface area contributed by atoms with Gasteiger partial charge >= 0.3 is 0 Å². The first-order valence-corrected chi connectivity index (χ1v) is 7.90. The molecule has 2 aliphatic rings. The summed E-state index contributed by atoms with van der Waals surface area (Å²) in [7, 11) is 2.26. The highest BCUT2D eigenvalue weighted by Gasteiger charge is 2.20. The van der Waals surface area contributed by atoms with Crippen molar-refractivity contribution in [2.45, 2.75) is 57.0 Å². The van der Waals surface area contributed by atoms with E-state index in [1.54, 1.807) is 0 Å². The van der Waals surface area contributed by atoms with E-state index in [1.807, 2.05) is 0 Å². The number of hydrogen-bond acceptors (Lipinski definition) is 2. The van der Waals surface area contributed by atoms with Gasteiger partial charge in [0.15, 0.2) is 0 Å². The predicted molar refractivity (Wildman–Crippen MR) is 81.5 cm³/mol. The lowest BCUT2D eigenvalue weighted by molar-refractivity contribution is 0.187. The lowest BCUT2D eigenvalue weighted by Gasteiger charge is -2.32. The van der Waals surface area contributed by atoms with E-state index in [1.165, 1.54) is 62.7 Å². The van der Waals surface area contributed by atoms with Crippen molar-refractivity contribution in [3.63, 3.8) is 0 Å². The molecule has 1 aliphatic carbocycles. The Labute approximate surface area is 117 Å². The molecule has 0 spiro atoms. The fraction of sp³-hybridized carbons (Fsp3) is 0.647. The minimum absolute atomic E-state index is 0.634. The Morgan fingerprint density at radius 3 is 2.32 bits per heavy atom. The smallest absolute Gasteiger partial charge is 0.0345 e. The van der Waals surface area contributed by atoms with Gasteiger partial charge in [-0.25, -0.2) is 0 Å². The maximum atomic E-state index is 3.67. The average molecular weight is 258 g/mol. The molecule has 1 unspecified atom stereocenters. The molecular weight excluding hydrogens is 232 g/mol. The molecule has 1 aliphatic heterocycles. The van der Waals surface area contributed by atoms with Crippen LogP contribution in [0.4, 0.5) is 5.69 Å². The highest BCUT2D eigenvalue weighted by atomic mass is 15.1. The molecule has 3 rings (SSSR count). The number of benzene rings is 1. The van der Waals surface area contributed by atoms with E-state index in [0.29, 0.717) is 12.1 Å². The molecule has 19 heavy (non-hydrogen) atoms. The molecule has 1 saturated heterocycles. The normalized spacial score (nSPS) is 25.6. The summed E-state index contributed by atoms with van der Waals surface area (Å²) in [6.07, 6.45) is 9.50. The largest absolute Gasteiger partial charge is 0.382 e. The van der Waals surface area contributed by atoms with Crippen LogP contribution >= 0.6 is 0 Å². The van der Waals surface area contributed by atoms with Crippen LogP contribution in [0.5, 0.6) is 0 Å². The molecular formula is C17H26N2. The first kappa shape index (κ1) is 13.0. The Kier molecular flexibility index (Phi) is 4.07. The van der Waals surface area contributed by atoms with Crippen molar-refractivity contribution in [1.82, 2.24) is 4.90 Å². The molecule has 0 amide bonds. The topological polar surface area (TPSA) is 15.3 Å². The van der Waals surface area contributed by atoms with Gasteiger partial charge in [0.05, 0.1) is 0 Å². The van der Waals surface area contributed by atoms with E-state index in [-0.39, 0.29) is 0 Å². The van der Waals surface area contributed by atoms with Gasteiger partial charge in [-0.1, -0.05) is 31.4 Å². The molecule has 0 aromatic heterocycles. The number of likely N-dealkylation sites (tertiary alicyclic amines) is 1. The van der Waals surface area contributed by atoms with E-state index < -0.39 is 0 Å². The van der Waals surface area contributed by atoms with Crippen molar-refractivity contribution in [3.8, 4) is 0 Å². The van der Waals surface area contributed by atoms with Crippen LogP contribution in [0.15, 0.2) is 24.3 Å². The molecule has 0 radical (unpaired) electrons. The Balaban J connectivity index is 1.64. The number of anilines is 1. The summed E-state index contributed by atoms with van der Waals surface area (Å²) < 4.78 is 0. The van der Waals surface area contributed by atoms with Crippen LogP contribution < -0.4 is 5.32 Å². The first-order chi connectivity index (χ1) is 9.33. The lowest BCUT2D eigenvalue weighted by Crippen LogP contribution is -2.29. The van der Waals surface area contributed by atoms with Crippen LogP contribution in [0.2, 0.25) is 0 Å². The standard InChI is InChI=1S/C17H26N2/c1-19-13-5-4-8-17(19)14-9-11-16(12-10-14)18-15-6-2-3-7-15/h9-12,15,17-18H,2-8,13H2,1H3. The van der Waals surface area contributed by atoms with Crippen LogP contribution in [0, 0.1) is 0 Å². The summed E-state index contributed by atoms with van der Waals surface area (Å²) in [5.41, 5.74) is 2.79. The molecule has 1 saturated carbocycles. The quantitative estimate of drug-likeness (QED) is 0.874. The van der Waals surface area contributed by atoms with E-state index >= 15 is 0 Å². The van der Waals surface area contributed by atoms with Crippen LogP contribution in [0.3, 0.4) is 0 Å². The second-order valence-electron chi connectivity index (χ2n) is 6.24. The van der Waals surface area contributed by atoms with Gasteiger partial charge in [0, 0.05) is 17.8 Å².